The van der Waals surface area contributed by atoms with Crippen molar-refractivity contribution in [1.29, 1.82) is 0 Å². The lowest BCUT2D eigenvalue weighted by atomic mass is 9.97. The number of carbonyl (C=O) groups excluding carboxylic acids is 1. The SMILES string of the molecule is O=C(CCc1nc2sc3c(c2c(=O)[nH]1)CCCC3)OCc1ccc(F)cc1Cl. The summed E-state index contributed by atoms with van der Waals surface area (Å²) in [4.78, 5) is 33.9. The highest BCUT2D eigenvalue weighted by Crippen LogP contribution is 2.33. The molecule has 2 aromatic heterocycles. The maximum absolute atomic E-state index is 13.0. The number of rotatable bonds is 5. The van der Waals surface area contributed by atoms with Crippen LogP contribution in [0.5, 0.6) is 0 Å². The van der Waals surface area contributed by atoms with Crippen molar-refractivity contribution in [3.8, 4) is 0 Å². The second-order valence-electron chi connectivity index (χ2n) is 6.80. The third kappa shape index (κ3) is 3.95. The highest BCUT2D eigenvalue weighted by Gasteiger charge is 2.20. The van der Waals surface area contributed by atoms with E-state index in [0.717, 1.165) is 36.1 Å². The Morgan fingerprint density at radius 3 is 2.96 bits per heavy atom. The van der Waals surface area contributed by atoms with Crippen molar-refractivity contribution in [2.45, 2.75) is 45.1 Å². The number of halogens is 2. The Hall–Kier alpha value is -2.25. The minimum atomic E-state index is -0.444. The Labute approximate surface area is 169 Å². The van der Waals surface area contributed by atoms with Crippen LogP contribution in [0.3, 0.4) is 0 Å². The number of hydrogen-bond donors (Lipinski definition) is 1. The van der Waals surface area contributed by atoms with Crippen LogP contribution in [0.15, 0.2) is 23.0 Å². The Morgan fingerprint density at radius 2 is 2.14 bits per heavy atom. The summed E-state index contributed by atoms with van der Waals surface area (Å²) in [6, 6.07) is 3.92. The minimum Gasteiger partial charge on any atom is -0.461 e. The highest BCUT2D eigenvalue weighted by molar-refractivity contribution is 7.18. The number of aromatic nitrogens is 2. The van der Waals surface area contributed by atoms with Crippen molar-refractivity contribution in [3.05, 3.63) is 61.2 Å². The smallest absolute Gasteiger partial charge is 0.306 e. The number of ether oxygens (including phenoxy) is 1. The maximum atomic E-state index is 13.0. The number of fused-ring (bicyclic) bond motifs is 3. The van der Waals surface area contributed by atoms with Gasteiger partial charge in [-0.05, 0) is 43.4 Å². The van der Waals surface area contributed by atoms with Crippen LogP contribution in [-0.4, -0.2) is 15.9 Å². The normalized spacial score (nSPS) is 13.5. The van der Waals surface area contributed by atoms with Gasteiger partial charge in [-0.1, -0.05) is 17.7 Å². The zero-order valence-corrected chi connectivity index (χ0v) is 16.6. The van der Waals surface area contributed by atoms with E-state index in [-0.39, 0.29) is 30.0 Å². The number of hydrogen-bond acceptors (Lipinski definition) is 5. The molecule has 0 saturated carbocycles. The maximum Gasteiger partial charge on any atom is 0.306 e. The average Bonchev–Trinajstić information content (AvgIpc) is 3.04. The molecule has 3 aromatic rings. The second kappa shape index (κ2) is 8.01. The van der Waals surface area contributed by atoms with Crippen molar-refractivity contribution in [3.63, 3.8) is 0 Å². The fourth-order valence-corrected chi connectivity index (χ4v) is 4.92. The topological polar surface area (TPSA) is 72.0 Å². The summed E-state index contributed by atoms with van der Waals surface area (Å²) < 4.78 is 18.2. The first-order valence-electron chi connectivity index (χ1n) is 9.14. The van der Waals surface area contributed by atoms with Crippen LogP contribution in [0.25, 0.3) is 10.2 Å². The Morgan fingerprint density at radius 1 is 1.32 bits per heavy atom. The second-order valence-corrected chi connectivity index (χ2v) is 8.29. The zero-order valence-electron chi connectivity index (χ0n) is 15.0. The van der Waals surface area contributed by atoms with Gasteiger partial charge in [0.05, 0.1) is 16.8 Å². The summed E-state index contributed by atoms with van der Waals surface area (Å²) in [6.07, 6.45) is 4.54. The van der Waals surface area contributed by atoms with Gasteiger partial charge in [0.1, 0.15) is 23.1 Å². The van der Waals surface area contributed by atoms with E-state index in [9.17, 15) is 14.0 Å². The Kier molecular flexibility index (Phi) is 5.46. The molecule has 1 aliphatic carbocycles. The number of aromatic amines is 1. The number of nitrogens with zero attached hydrogens (tertiary/aromatic N) is 1. The molecule has 1 N–H and O–H groups in total. The van der Waals surface area contributed by atoms with Gasteiger partial charge in [0.15, 0.2) is 0 Å². The molecular weight excluding hydrogens is 403 g/mol. The van der Waals surface area contributed by atoms with Crippen LogP contribution in [0.4, 0.5) is 4.39 Å². The monoisotopic (exact) mass is 420 g/mol. The molecule has 0 spiro atoms. The van der Waals surface area contributed by atoms with Crippen molar-refractivity contribution in [1.82, 2.24) is 9.97 Å². The van der Waals surface area contributed by atoms with E-state index in [1.54, 1.807) is 11.3 Å². The summed E-state index contributed by atoms with van der Waals surface area (Å²) in [5.74, 6) is -0.401. The predicted molar refractivity (Wildman–Crippen MR) is 106 cm³/mol. The van der Waals surface area contributed by atoms with Gasteiger partial charge in [0.25, 0.3) is 5.56 Å². The first-order valence-corrected chi connectivity index (χ1v) is 10.3. The van der Waals surface area contributed by atoms with E-state index in [1.807, 2.05) is 0 Å². The van der Waals surface area contributed by atoms with Crippen LogP contribution in [0.2, 0.25) is 5.02 Å². The van der Waals surface area contributed by atoms with Crippen molar-refractivity contribution in [2.24, 2.45) is 0 Å². The van der Waals surface area contributed by atoms with Gasteiger partial charge in [0.2, 0.25) is 0 Å². The van der Waals surface area contributed by atoms with Crippen LogP contribution in [-0.2, 0) is 35.4 Å². The lowest BCUT2D eigenvalue weighted by Crippen LogP contribution is -2.14. The molecule has 146 valence electrons. The van der Waals surface area contributed by atoms with Crippen LogP contribution in [0, 0.1) is 5.82 Å². The number of esters is 1. The standard InChI is InChI=1S/C20H18ClFN2O3S/c21-14-9-12(22)6-5-11(14)10-27-17(25)8-7-16-23-19(26)18-13-3-1-2-4-15(13)28-20(18)24-16/h5-6,9H,1-4,7-8,10H2,(H,23,24,26). The molecule has 5 nitrogen and oxygen atoms in total. The largest absolute Gasteiger partial charge is 0.461 e. The van der Waals surface area contributed by atoms with E-state index >= 15 is 0 Å². The molecule has 4 rings (SSSR count). The number of benzene rings is 1. The molecule has 2 heterocycles. The molecule has 1 aliphatic rings. The first-order chi connectivity index (χ1) is 13.5. The van der Waals surface area contributed by atoms with Crippen LogP contribution in [0.1, 0.15) is 41.1 Å². The summed E-state index contributed by atoms with van der Waals surface area (Å²) in [6.45, 7) is -0.0292. The summed E-state index contributed by atoms with van der Waals surface area (Å²) >= 11 is 7.50. The van der Waals surface area contributed by atoms with E-state index in [4.69, 9.17) is 16.3 Å². The molecule has 0 bridgehead atoms. The number of carbonyl (C=O) groups is 1. The number of nitrogens with one attached hydrogen (secondary N) is 1. The average molecular weight is 421 g/mol. The van der Waals surface area contributed by atoms with E-state index in [2.05, 4.69) is 9.97 Å². The Balaban J connectivity index is 1.41. The first kappa shape index (κ1) is 19.1. The van der Waals surface area contributed by atoms with Gasteiger partial charge in [-0.2, -0.15) is 0 Å². The van der Waals surface area contributed by atoms with Gasteiger partial charge in [-0.15, -0.1) is 11.3 Å². The third-order valence-electron chi connectivity index (χ3n) is 4.84. The molecule has 1 aromatic carbocycles. The van der Waals surface area contributed by atoms with Crippen LogP contribution < -0.4 is 5.56 Å². The molecule has 0 radical (unpaired) electrons. The molecule has 0 fully saturated rings. The van der Waals surface area contributed by atoms with Gasteiger partial charge in [-0.25, -0.2) is 9.37 Å². The number of H-pyrrole nitrogens is 1. The molecule has 0 atom stereocenters. The molecular formula is C20H18ClFN2O3S. The number of thiophene rings is 1. The van der Waals surface area contributed by atoms with E-state index in [1.165, 1.54) is 23.1 Å². The summed E-state index contributed by atoms with van der Waals surface area (Å²) in [5.41, 5.74) is 1.54. The molecule has 0 amide bonds. The van der Waals surface area contributed by atoms with E-state index in [0.29, 0.717) is 16.8 Å². The fraction of sp³-hybridized carbons (Fsp3) is 0.350. The molecule has 0 unspecified atom stereocenters. The summed E-state index contributed by atoms with van der Waals surface area (Å²) in [5, 5.41) is 0.919. The third-order valence-corrected chi connectivity index (χ3v) is 6.38. The summed E-state index contributed by atoms with van der Waals surface area (Å²) in [7, 11) is 0. The van der Waals surface area contributed by atoms with Gasteiger partial charge in [-0.3, -0.25) is 9.59 Å². The fourth-order valence-electron chi connectivity index (χ4n) is 3.42. The molecule has 0 saturated heterocycles. The quantitative estimate of drug-likeness (QED) is 0.623. The van der Waals surface area contributed by atoms with Crippen molar-refractivity contribution >= 4 is 39.1 Å². The lowest BCUT2D eigenvalue weighted by molar-refractivity contribution is -0.144. The molecule has 8 heteroatoms. The lowest BCUT2D eigenvalue weighted by Gasteiger charge is -2.09. The van der Waals surface area contributed by atoms with Crippen LogP contribution >= 0.6 is 22.9 Å². The zero-order chi connectivity index (χ0) is 19.7. The minimum absolute atomic E-state index is 0.0292. The molecule has 28 heavy (non-hydrogen) atoms. The Bertz CT molecular complexity index is 1110. The highest BCUT2D eigenvalue weighted by atomic mass is 35.5. The van der Waals surface area contributed by atoms with Crippen molar-refractivity contribution in [2.75, 3.05) is 0 Å². The van der Waals surface area contributed by atoms with Gasteiger partial charge < -0.3 is 9.72 Å². The van der Waals surface area contributed by atoms with E-state index < -0.39 is 11.8 Å². The number of aryl methyl sites for hydroxylation is 3. The molecule has 0 aliphatic heterocycles. The van der Waals surface area contributed by atoms with Crippen molar-refractivity contribution < 1.29 is 13.9 Å². The predicted octanol–water partition coefficient (Wildman–Crippen LogP) is 4.33. The van der Waals surface area contributed by atoms with Gasteiger partial charge >= 0.3 is 5.97 Å². The van der Waals surface area contributed by atoms with Gasteiger partial charge in [0, 0.05) is 16.9 Å².